The van der Waals surface area contributed by atoms with Gasteiger partial charge in [-0.05, 0) is 51.8 Å². The molecule has 0 bridgehead atoms. The first kappa shape index (κ1) is 16.6. The quantitative estimate of drug-likeness (QED) is 0.798. The first-order valence-corrected chi connectivity index (χ1v) is 8.74. The number of hydrogen-bond acceptors (Lipinski definition) is 3. The molecule has 112 valence electrons. The molecule has 0 aliphatic heterocycles. The van der Waals surface area contributed by atoms with Gasteiger partial charge in [-0.2, -0.15) is 0 Å². The highest BCUT2D eigenvalue weighted by atomic mass is 79.9. The minimum absolute atomic E-state index is 0.00317. The van der Waals surface area contributed by atoms with Gasteiger partial charge in [-0.15, -0.1) is 0 Å². The minimum Gasteiger partial charge on any atom is -0.392 e. The van der Waals surface area contributed by atoms with Crippen LogP contribution in [0.5, 0.6) is 0 Å². The molecule has 0 radical (unpaired) electrons. The Morgan fingerprint density at radius 2 is 1.86 bits per heavy atom. The number of nitrogens with one attached hydrogen (secondary N) is 1. The normalized spacial score (nSPS) is 11.4. The third-order valence-corrected chi connectivity index (χ3v) is 5.32. The largest absolute Gasteiger partial charge is 0.392 e. The monoisotopic (exact) mass is 409 g/mol. The Bertz CT molecular complexity index is 781. The van der Waals surface area contributed by atoms with Crippen LogP contribution in [0.15, 0.2) is 45.8 Å². The van der Waals surface area contributed by atoms with Crippen LogP contribution in [0, 0.1) is 0 Å². The average molecular weight is 411 g/mol. The van der Waals surface area contributed by atoms with E-state index in [0.29, 0.717) is 20.7 Å². The van der Waals surface area contributed by atoms with Gasteiger partial charge in [0.25, 0.3) is 10.0 Å². The Balaban J connectivity index is 2.38. The van der Waals surface area contributed by atoms with Crippen molar-refractivity contribution >= 4 is 54.8 Å². The fourth-order valence-corrected chi connectivity index (χ4v) is 3.65. The smallest absolute Gasteiger partial charge is 0.261 e. The van der Waals surface area contributed by atoms with Crippen LogP contribution in [0.2, 0.25) is 10.0 Å². The lowest BCUT2D eigenvalue weighted by Crippen LogP contribution is -2.13. The van der Waals surface area contributed by atoms with Crippen molar-refractivity contribution in [3.63, 3.8) is 0 Å². The van der Waals surface area contributed by atoms with Crippen molar-refractivity contribution in [3.05, 3.63) is 56.5 Å². The third kappa shape index (κ3) is 3.90. The molecule has 2 rings (SSSR count). The van der Waals surface area contributed by atoms with Crippen molar-refractivity contribution in [3.8, 4) is 0 Å². The number of aliphatic hydroxyl groups is 1. The Labute approximate surface area is 140 Å². The molecule has 2 N–H and O–H groups in total. The van der Waals surface area contributed by atoms with Gasteiger partial charge in [0.1, 0.15) is 0 Å². The number of benzene rings is 2. The van der Waals surface area contributed by atoms with Gasteiger partial charge in [-0.1, -0.05) is 29.3 Å². The van der Waals surface area contributed by atoms with Crippen LogP contribution >= 0.6 is 39.1 Å². The van der Waals surface area contributed by atoms with E-state index < -0.39 is 10.0 Å². The van der Waals surface area contributed by atoms with E-state index in [0.717, 1.165) is 0 Å². The topological polar surface area (TPSA) is 66.4 Å². The lowest BCUT2D eigenvalue weighted by molar-refractivity contribution is 0.282. The highest BCUT2D eigenvalue weighted by molar-refractivity contribution is 9.10. The van der Waals surface area contributed by atoms with Gasteiger partial charge in [0.15, 0.2) is 0 Å². The summed E-state index contributed by atoms with van der Waals surface area (Å²) in [7, 11) is -3.80. The highest BCUT2D eigenvalue weighted by Crippen LogP contribution is 2.29. The van der Waals surface area contributed by atoms with Gasteiger partial charge >= 0.3 is 0 Å². The number of sulfonamides is 1. The Hall–Kier alpha value is -0.790. The number of anilines is 1. The molecule has 0 saturated carbocycles. The van der Waals surface area contributed by atoms with Crippen LogP contribution in [0.1, 0.15) is 5.56 Å². The predicted molar refractivity (Wildman–Crippen MR) is 87.3 cm³/mol. The van der Waals surface area contributed by atoms with Gasteiger partial charge in [0.2, 0.25) is 0 Å². The van der Waals surface area contributed by atoms with Crippen molar-refractivity contribution in [2.75, 3.05) is 4.72 Å². The van der Waals surface area contributed by atoms with Crippen molar-refractivity contribution in [1.82, 2.24) is 0 Å². The highest BCUT2D eigenvalue weighted by Gasteiger charge is 2.17. The molecular weight excluding hydrogens is 401 g/mol. The van der Waals surface area contributed by atoms with E-state index >= 15 is 0 Å². The molecule has 0 aromatic heterocycles. The van der Waals surface area contributed by atoms with Crippen molar-refractivity contribution in [2.45, 2.75) is 11.5 Å². The maximum atomic E-state index is 12.3. The van der Waals surface area contributed by atoms with Gasteiger partial charge in [0, 0.05) is 14.5 Å². The SMILES string of the molecule is O=S(=O)(Nc1cc(Cl)ccc1Br)c1ccc(CO)c(Cl)c1. The maximum Gasteiger partial charge on any atom is 0.261 e. The molecule has 8 heteroatoms. The molecular formula is C13H10BrCl2NO3S. The summed E-state index contributed by atoms with van der Waals surface area (Å²) in [4.78, 5) is -0.00317. The number of halogens is 3. The van der Waals surface area contributed by atoms with Crippen molar-refractivity contribution in [2.24, 2.45) is 0 Å². The zero-order valence-electron chi connectivity index (χ0n) is 10.5. The molecule has 4 nitrogen and oxygen atoms in total. The van der Waals surface area contributed by atoms with Crippen molar-refractivity contribution < 1.29 is 13.5 Å². The van der Waals surface area contributed by atoms with Crippen LogP contribution in [0.25, 0.3) is 0 Å². The molecule has 2 aromatic rings. The third-order valence-electron chi connectivity index (χ3n) is 2.68. The molecule has 0 saturated heterocycles. The van der Waals surface area contributed by atoms with Crippen LogP contribution in [0.3, 0.4) is 0 Å². The van der Waals surface area contributed by atoms with E-state index in [2.05, 4.69) is 20.7 Å². The lowest BCUT2D eigenvalue weighted by atomic mass is 10.2. The second-order valence-corrected chi connectivity index (χ2v) is 7.52. The summed E-state index contributed by atoms with van der Waals surface area (Å²) >= 11 is 15.0. The van der Waals surface area contributed by atoms with E-state index in [1.807, 2.05) is 0 Å². The second-order valence-electron chi connectivity index (χ2n) is 4.14. The first-order chi connectivity index (χ1) is 9.83. The first-order valence-electron chi connectivity index (χ1n) is 5.70. The standard InChI is InChI=1S/C13H10BrCl2NO3S/c14-11-4-2-9(15)5-13(11)17-21(19,20)10-3-1-8(7-18)12(16)6-10/h1-6,17-18H,7H2. The Morgan fingerprint density at radius 1 is 1.14 bits per heavy atom. The maximum absolute atomic E-state index is 12.3. The minimum atomic E-state index is -3.80. The van der Waals surface area contributed by atoms with Crippen LogP contribution in [0.4, 0.5) is 5.69 Å². The fraction of sp³-hybridized carbons (Fsp3) is 0.0769. The van der Waals surface area contributed by atoms with E-state index in [4.69, 9.17) is 28.3 Å². The molecule has 0 aliphatic carbocycles. The van der Waals surface area contributed by atoms with Crippen LogP contribution in [-0.2, 0) is 16.6 Å². The molecule has 0 unspecified atom stereocenters. The summed E-state index contributed by atoms with van der Waals surface area (Å²) in [5, 5.41) is 9.64. The molecule has 0 atom stereocenters. The fourth-order valence-electron chi connectivity index (χ4n) is 1.60. The molecule has 0 fully saturated rings. The number of rotatable bonds is 4. The predicted octanol–water partition coefficient (Wildman–Crippen LogP) is 4.05. The molecule has 0 heterocycles. The summed E-state index contributed by atoms with van der Waals surface area (Å²) in [6.45, 7) is -0.258. The van der Waals surface area contributed by atoms with Gasteiger partial charge in [-0.3, -0.25) is 4.72 Å². The average Bonchev–Trinajstić information content (AvgIpc) is 2.42. The molecule has 0 amide bonds. The Morgan fingerprint density at radius 3 is 2.48 bits per heavy atom. The lowest BCUT2D eigenvalue weighted by Gasteiger charge is -2.11. The van der Waals surface area contributed by atoms with Crippen molar-refractivity contribution in [1.29, 1.82) is 0 Å². The van der Waals surface area contributed by atoms with E-state index in [1.54, 1.807) is 12.1 Å². The van der Waals surface area contributed by atoms with E-state index in [-0.39, 0.29) is 16.5 Å². The van der Waals surface area contributed by atoms with Gasteiger partial charge in [-0.25, -0.2) is 8.42 Å². The van der Waals surface area contributed by atoms with E-state index in [9.17, 15) is 8.42 Å². The summed E-state index contributed by atoms with van der Waals surface area (Å²) in [5.41, 5.74) is 0.782. The molecule has 0 spiro atoms. The summed E-state index contributed by atoms with van der Waals surface area (Å²) in [5.74, 6) is 0. The molecule has 2 aromatic carbocycles. The zero-order valence-corrected chi connectivity index (χ0v) is 14.4. The van der Waals surface area contributed by atoms with Crippen LogP contribution in [-0.4, -0.2) is 13.5 Å². The molecule has 0 aliphatic rings. The van der Waals surface area contributed by atoms with Gasteiger partial charge < -0.3 is 5.11 Å². The summed E-state index contributed by atoms with van der Waals surface area (Å²) in [6.07, 6.45) is 0. The number of hydrogen-bond donors (Lipinski definition) is 2. The summed E-state index contributed by atoms with van der Waals surface area (Å²) < 4.78 is 27.6. The van der Waals surface area contributed by atoms with Crippen LogP contribution < -0.4 is 4.72 Å². The zero-order chi connectivity index (χ0) is 15.6. The van der Waals surface area contributed by atoms with E-state index in [1.165, 1.54) is 24.3 Å². The number of aliphatic hydroxyl groups excluding tert-OH is 1. The van der Waals surface area contributed by atoms with Gasteiger partial charge in [0.05, 0.1) is 17.2 Å². The molecule has 21 heavy (non-hydrogen) atoms. The second kappa shape index (κ2) is 6.54. The Kier molecular flexibility index (Phi) is 5.16. The summed E-state index contributed by atoms with van der Waals surface area (Å²) in [6, 6.07) is 8.89.